The summed E-state index contributed by atoms with van der Waals surface area (Å²) in [5, 5.41) is 11.6. The molecule has 6 heteroatoms. The summed E-state index contributed by atoms with van der Waals surface area (Å²) < 4.78 is 1.73. The van der Waals surface area contributed by atoms with E-state index in [0.29, 0.717) is 12.5 Å². The van der Waals surface area contributed by atoms with Gasteiger partial charge in [0.05, 0.1) is 6.54 Å². The molecule has 1 fully saturated rings. The van der Waals surface area contributed by atoms with Crippen molar-refractivity contribution in [3.8, 4) is 0 Å². The first-order valence-electron chi connectivity index (χ1n) is 7.45. The Morgan fingerprint density at radius 1 is 1.38 bits per heavy atom. The van der Waals surface area contributed by atoms with E-state index in [9.17, 15) is 9.59 Å². The molecular weight excluding hydrogens is 270 g/mol. The molecule has 1 saturated heterocycles. The predicted molar refractivity (Wildman–Crippen MR) is 80.4 cm³/mol. The Kier molecular flexibility index (Phi) is 5.95. The topological polar surface area (TPSA) is 74.6 Å². The fourth-order valence-electron chi connectivity index (χ4n) is 2.80. The zero-order valence-electron chi connectivity index (χ0n) is 12.2. The van der Waals surface area contributed by atoms with Crippen LogP contribution in [0, 0.1) is 5.92 Å². The number of hydrogen-bond donors (Lipinski definition) is 2. The number of carboxylic acids is 1. The largest absolute Gasteiger partial charge is 0.480 e. The van der Waals surface area contributed by atoms with Crippen molar-refractivity contribution < 1.29 is 9.90 Å². The molecule has 2 rings (SSSR count). The minimum absolute atomic E-state index is 0.0237. The molecule has 21 heavy (non-hydrogen) atoms. The van der Waals surface area contributed by atoms with E-state index in [2.05, 4.69) is 10.2 Å². The molecule has 0 radical (unpaired) electrons. The van der Waals surface area contributed by atoms with Gasteiger partial charge in [0.15, 0.2) is 0 Å². The Bertz CT molecular complexity index is 515. The normalized spacial score (nSPS) is 19.5. The van der Waals surface area contributed by atoms with Gasteiger partial charge >= 0.3 is 5.97 Å². The maximum atomic E-state index is 11.6. The first-order valence-corrected chi connectivity index (χ1v) is 7.45. The predicted octanol–water partition coefficient (Wildman–Crippen LogP) is 0.234. The van der Waals surface area contributed by atoms with E-state index in [1.807, 2.05) is 12.3 Å². The number of aliphatic carboxylic acids is 1. The Morgan fingerprint density at radius 3 is 3.00 bits per heavy atom. The average Bonchev–Trinajstić information content (AvgIpc) is 2.46. The van der Waals surface area contributed by atoms with Crippen LogP contribution in [0.5, 0.6) is 0 Å². The second-order valence-electron chi connectivity index (χ2n) is 5.57. The highest BCUT2D eigenvalue weighted by Crippen LogP contribution is 2.15. The number of likely N-dealkylation sites (tertiary alicyclic amines) is 1. The van der Waals surface area contributed by atoms with Crippen LogP contribution in [-0.2, 0) is 11.3 Å². The molecule has 0 saturated carbocycles. The van der Waals surface area contributed by atoms with E-state index in [4.69, 9.17) is 5.11 Å². The lowest BCUT2D eigenvalue weighted by Crippen LogP contribution is -2.42. The molecule has 1 unspecified atom stereocenters. The molecule has 0 aromatic carbocycles. The minimum atomic E-state index is -0.814. The highest BCUT2D eigenvalue weighted by Gasteiger charge is 2.19. The number of rotatable bonds is 7. The third-order valence-electron chi connectivity index (χ3n) is 3.87. The highest BCUT2D eigenvalue weighted by molar-refractivity contribution is 5.68. The number of nitrogens with one attached hydrogen (secondary N) is 1. The Morgan fingerprint density at radius 2 is 2.24 bits per heavy atom. The van der Waals surface area contributed by atoms with Gasteiger partial charge < -0.3 is 19.9 Å². The lowest BCUT2D eigenvalue weighted by Gasteiger charge is -2.32. The Hall–Kier alpha value is -1.66. The van der Waals surface area contributed by atoms with Crippen LogP contribution in [0.2, 0.25) is 0 Å². The van der Waals surface area contributed by atoms with Crippen LogP contribution in [0.1, 0.15) is 12.8 Å². The Labute approximate surface area is 124 Å². The smallest absolute Gasteiger partial charge is 0.317 e. The summed E-state index contributed by atoms with van der Waals surface area (Å²) in [6, 6.07) is 5.20. The van der Waals surface area contributed by atoms with Gasteiger partial charge in [-0.05, 0) is 37.9 Å². The summed E-state index contributed by atoms with van der Waals surface area (Å²) >= 11 is 0. The summed E-state index contributed by atoms with van der Waals surface area (Å²) in [5.74, 6) is -0.322. The maximum Gasteiger partial charge on any atom is 0.317 e. The van der Waals surface area contributed by atoms with Crippen LogP contribution in [0.15, 0.2) is 29.2 Å². The number of carboxylic acid groups (broad SMARTS) is 1. The molecule has 2 heterocycles. The van der Waals surface area contributed by atoms with Crippen LogP contribution in [0.3, 0.4) is 0 Å². The third-order valence-corrected chi connectivity index (χ3v) is 3.87. The summed E-state index contributed by atoms with van der Waals surface area (Å²) in [5.41, 5.74) is 0.0363. The van der Waals surface area contributed by atoms with E-state index in [1.165, 1.54) is 0 Å². The van der Waals surface area contributed by atoms with Gasteiger partial charge in [-0.25, -0.2) is 0 Å². The SMILES string of the molecule is O=C(O)CNCC1CCCN(CCn2ccccc2=O)C1. The van der Waals surface area contributed by atoms with E-state index >= 15 is 0 Å². The lowest BCUT2D eigenvalue weighted by molar-refractivity contribution is -0.136. The molecule has 6 nitrogen and oxygen atoms in total. The fourth-order valence-corrected chi connectivity index (χ4v) is 2.80. The molecule has 1 aliphatic rings. The van der Waals surface area contributed by atoms with Gasteiger partial charge in [-0.15, -0.1) is 0 Å². The zero-order chi connectivity index (χ0) is 15.1. The van der Waals surface area contributed by atoms with Gasteiger partial charge in [-0.2, -0.15) is 0 Å². The molecule has 1 aliphatic heterocycles. The van der Waals surface area contributed by atoms with Gasteiger partial charge in [0.1, 0.15) is 0 Å². The van der Waals surface area contributed by atoms with E-state index in [-0.39, 0.29) is 12.1 Å². The van der Waals surface area contributed by atoms with Crippen LogP contribution in [0.4, 0.5) is 0 Å². The van der Waals surface area contributed by atoms with E-state index < -0.39 is 5.97 Å². The quantitative estimate of drug-likeness (QED) is 0.753. The van der Waals surface area contributed by atoms with Crippen LogP contribution < -0.4 is 10.9 Å². The fraction of sp³-hybridized carbons (Fsp3) is 0.600. The molecule has 0 amide bonds. The third kappa shape index (κ3) is 5.32. The number of aromatic nitrogens is 1. The van der Waals surface area contributed by atoms with Crippen LogP contribution in [-0.4, -0.2) is 53.3 Å². The molecule has 1 aromatic rings. The molecular formula is C15H23N3O3. The van der Waals surface area contributed by atoms with Crippen LogP contribution in [0.25, 0.3) is 0 Å². The lowest BCUT2D eigenvalue weighted by atomic mass is 9.98. The summed E-state index contributed by atoms with van der Waals surface area (Å²) in [6.45, 7) is 4.35. The van der Waals surface area contributed by atoms with Crippen molar-refractivity contribution in [3.63, 3.8) is 0 Å². The number of nitrogens with zero attached hydrogens (tertiary/aromatic N) is 2. The van der Waals surface area contributed by atoms with Crippen LogP contribution >= 0.6 is 0 Å². The highest BCUT2D eigenvalue weighted by atomic mass is 16.4. The van der Waals surface area contributed by atoms with Gasteiger partial charge in [-0.1, -0.05) is 6.07 Å². The van der Waals surface area contributed by atoms with E-state index in [0.717, 1.165) is 39.0 Å². The van der Waals surface area contributed by atoms with Crippen molar-refractivity contribution in [3.05, 3.63) is 34.7 Å². The maximum absolute atomic E-state index is 11.6. The molecule has 0 spiro atoms. The number of pyridine rings is 1. The van der Waals surface area contributed by atoms with Gasteiger partial charge in [0, 0.05) is 31.9 Å². The minimum Gasteiger partial charge on any atom is -0.480 e. The number of carbonyl (C=O) groups is 1. The number of piperidine rings is 1. The van der Waals surface area contributed by atoms with Gasteiger partial charge in [0.2, 0.25) is 0 Å². The van der Waals surface area contributed by atoms with Crippen molar-refractivity contribution in [1.82, 2.24) is 14.8 Å². The zero-order valence-corrected chi connectivity index (χ0v) is 12.2. The molecule has 0 aliphatic carbocycles. The van der Waals surface area contributed by atoms with Gasteiger partial charge in [-0.3, -0.25) is 9.59 Å². The standard InChI is InChI=1S/C15H23N3O3/c19-14-5-1-2-7-18(14)9-8-17-6-3-4-13(12-17)10-16-11-15(20)21/h1-2,5,7,13,16H,3-4,6,8-12H2,(H,20,21). The molecule has 116 valence electrons. The molecule has 1 aromatic heterocycles. The first-order chi connectivity index (χ1) is 10.1. The second kappa shape index (κ2) is 7.95. The molecule has 0 bridgehead atoms. The van der Waals surface area contributed by atoms with Crippen molar-refractivity contribution in [2.45, 2.75) is 19.4 Å². The second-order valence-corrected chi connectivity index (χ2v) is 5.57. The van der Waals surface area contributed by atoms with Crippen molar-refractivity contribution in [2.24, 2.45) is 5.92 Å². The molecule has 1 atom stereocenters. The summed E-state index contributed by atoms with van der Waals surface area (Å²) in [7, 11) is 0. The first kappa shape index (κ1) is 15.7. The Balaban J connectivity index is 1.75. The van der Waals surface area contributed by atoms with Crippen molar-refractivity contribution in [1.29, 1.82) is 0 Å². The van der Waals surface area contributed by atoms with Crippen molar-refractivity contribution >= 4 is 5.97 Å². The van der Waals surface area contributed by atoms with Gasteiger partial charge in [0.25, 0.3) is 5.56 Å². The average molecular weight is 293 g/mol. The van der Waals surface area contributed by atoms with E-state index in [1.54, 1.807) is 16.7 Å². The monoisotopic (exact) mass is 293 g/mol. The summed E-state index contributed by atoms with van der Waals surface area (Å²) in [4.78, 5) is 24.5. The summed E-state index contributed by atoms with van der Waals surface area (Å²) in [6.07, 6.45) is 4.08. The molecule has 2 N–H and O–H groups in total. The van der Waals surface area contributed by atoms with Crippen molar-refractivity contribution in [2.75, 3.05) is 32.7 Å². The number of hydrogen-bond acceptors (Lipinski definition) is 4.